The van der Waals surface area contributed by atoms with Gasteiger partial charge in [0, 0.05) is 25.7 Å². The van der Waals surface area contributed by atoms with E-state index in [0.717, 1.165) is 12.5 Å². The van der Waals surface area contributed by atoms with Crippen molar-refractivity contribution in [3.05, 3.63) is 0 Å². The first-order valence-electron chi connectivity index (χ1n) is 8.04. The maximum atomic E-state index is 12.0. The number of carbonyl (C=O) groups excluding carboxylic acids is 1. The number of nitrogens with one attached hydrogen (secondary N) is 1. The van der Waals surface area contributed by atoms with E-state index >= 15 is 0 Å². The number of hydrogen-bond donors (Lipinski definition) is 1. The Balaban J connectivity index is 2.28. The van der Waals surface area contributed by atoms with Gasteiger partial charge in [0.2, 0.25) is 0 Å². The Morgan fingerprint density at radius 2 is 1.95 bits per heavy atom. The van der Waals surface area contributed by atoms with E-state index in [0.29, 0.717) is 19.1 Å². The number of rotatable bonds is 6. The number of amides is 1. The highest BCUT2D eigenvalue weighted by Crippen LogP contribution is 2.27. The highest BCUT2D eigenvalue weighted by Gasteiger charge is 2.23. The molecule has 1 saturated carbocycles. The normalized spacial score (nSPS) is 18.1. The van der Waals surface area contributed by atoms with Crippen LogP contribution in [0, 0.1) is 5.92 Å². The van der Waals surface area contributed by atoms with Crippen molar-refractivity contribution in [3.8, 4) is 0 Å². The average molecular weight is 284 g/mol. The van der Waals surface area contributed by atoms with E-state index in [1.807, 2.05) is 27.7 Å². The third kappa shape index (κ3) is 6.12. The van der Waals surface area contributed by atoms with Crippen LogP contribution in [0.5, 0.6) is 0 Å². The largest absolute Gasteiger partial charge is 0.444 e. The highest BCUT2D eigenvalue weighted by atomic mass is 16.6. The number of likely N-dealkylation sites (N-methyl/N-ethyl adjacent to an activating group) is 1. The summed E-state index contributed by atoms with van der Waals surface area (Å²) in [6.45, 7) is 12.2. The molecule has 4 nitrogen and oxygen atoms in total. The quantitative estimate of drug-likeness (QED) is 0.812. The van der Waals surface area contributed by atoms with Gasteiger partial charge in [-0.1, -0.05) is 12.8 Å². The average Bonchev–Trinajstić information content (AvgIpc) is 2.85. The van der Waals surface area contributed by atoms with Crippen LogP contribution in [0.25, 0.3) is 0 Å². The molecule has 118 valence electrons. The van der Waals surface area contributed by atoms with Gasteiger partial charge in [0.15, 0.2) is 0 Å². The molecule has 0 spiro atoms. The van der Waals surface area contributed by atoms with Gasteiger partial charge in [-0.3, -0.25) is 0 Å². The van der Waals surface area contributed by atoms with Crippen LogP contribution in [0.4, 0.5) is 4.79 Å². The van der Waals surface area contributed by atoms with E-state index in [4.69, 9.17) is 4.74 Å². The van der Waals surface area contributed by atoms with Crippen molar-refractivity contribution < 1.29 is 9.53 Å². The molecule has 1 fully saturated rings. The van der Waals surface area contributed by atoms with Gasteiger partial charge < -0.3 is 15.0 Å². The van der Waals surface area contributed by atoms with Crippen molar-refractivity contribution in [1.29, 1.82) is 0 Å². The van der Waals surface area contributed by atoms with Crippen molar-refractivity contribution in [2.75, 3.05) is 19.6 Å². The van der Waals surface area contributed by atoms with Crippen LogP contribution in [0.3, 0.4) is 0 Å². The van der Waals surface area contributed by atoms with Crippen molar-refractivity contribution >= 4 is 6.09 Å². The minimum Gasteiger partial charge on any atom is -0.444 e. The van der Waals surface area contributed by atoms with E-state index in [1.165, 1.54) is 25.7 Å². The van der Waals surface area contributed by atoms with E-state index in [9.17, 15) is 4.79 Å². The maximum absolute atomic E-state index is 12.0. The molecule has 0 heterocycles. The molecule has 0 aliphatic heterocycles. The Labute approximate surface area is 124 Å². The van der Waals surface area contributed by atoms with Crippen LogP contribution in [0.2, 0.25) is 0 Å². The third-order valence-electron chi connectivity index (χ3n) is 3.99. The van der Waals surface area contributed by atoms with Gasteiger partial charge in [0.25, 0.3) is 0 Å². The van der Waals surface area contributed by atoms with E-state index in [2.05, 4.69) is 12.2 Å². The second-order valence-corrected chi connectivity index (χ2v) is 6.85. The fourth-order valence-electron chi connectivity index (χ4n) is 2.76. The summed E-state index contributed by atoms with van der Waals surface area (Å²) >= 11 is 0. The third-order valence-corrected chi connectivity index (χ3v) is 3.99. The van der Waals surface area contributed by atoms with Crippen LogP contribution < -0.4 is 5.32 Å². The van der Waals surface area contributed by atoms with Gasteiger partial charge in [-0.2, -0.15) is 0 Å². The number of hydrogen-bond acceptors (Lipinski definition) is 3. The minimum atomic E-state index is -0.422. The summed E-state index contributed by atoms with van der Waals surface area (Å²) in [7, 11) is 0. The minimum absolute atomic E-state index is 0.213. The van der Waals surface area contributed by atoms with Gasteiger partial charge in [-0.05, 0) is 53.4 Å². The summed E-state index contributed by atoms with van der Waals surface area (Å²) in [6, 6.07) is 0.551. The van der Waals surface area contributed by atoms with Crippen LogP contribution in [0.1, 0.15) is 60.3 Å². The molecule has 0 aromatic heterocycles. The molecule has 1 amide bonds. The van der Waals surface area contributed by atoms with Crippen LogP contribution in [-0.2, 0) is 4.74 Å². The first-order chi connectivity index (χ1) is 9.33. The van der Waals surface area contributed by atoms with Gasteiger partial charge in [-0.25, -0.2) is 4.79 Å². The molecule has 0 bridgehead atoms. The Kier molecular flexibility index (Phi) is 6.80. The second kappa shape index (κ2) is 7.87. The summed E-state index contributed by atoms with van der Waals surface area (Å²) in [5.41, 5.74) is -0.422. The molecule has 0 radical (unpaired) electrons. The van der Waals surface area contributed by atoms with Gasteiger partial charge >= 0.3 is 6.09 Å². The van der Waals surface area contributed by atoms with Crippen molar-refractivity contribution in [2.24, 2.45) is 5.92 Å². The Bertz CT molecular complexity index is 293. The fraction of sp³-hybridized carbons (Fsp3) is 0.938. The van der Waals surface area contributed by atoms with E-state index in [1.54, 1.807) is 4.90 Å². The van der Waals surface area contributed by atoms with E-state index in [-0.39, 0.29) is 6.09 Å². The Morgan fingerprint density at radius 1 is 1.35 bits per heavy atom. The molecule has 1 atom stereocenters. The molecule has 1 N–H and O–H groups in total. The molecular formula is C16H32N2O2. The fourth-order valence-corrected chi connectivity index (χ4v) is 2.76. The lowest BCUT2D eigenvalue weighted by atomic mass is 10.00. The zero-order valence-electron chi connectivity index (χ0n) is 13.9. The lowest BCUT2D eigenvalue weighted by Crippen LogP contribution is -2.42. The zero-order chi connectivity index (χ0) is 15.2. The zero-order valence-corrected chi connectivity index (χ0v) is 13.9. The summed E-state index contributed by atoms with van der Waals surface area (Å²) in [6.07, 6.45) is 5.22. The molecule has 0 aromatic rings. The molecule has 1 unspecified atom stereocenters. The maximum Gasteiger partial charge on any atom is 0.410 e. The van der Waals surface area contributed by atoms with Crippen LogP contribution in [0.15, 0.2) is 0 Å². The standard InChI is InChI=1S/C16H32N2O2/c1-6-18(15(19)20-16(3,4)5)12-11-17-13(2)14-9-7-8-10-14/h13-14,17H,6-12H2,1-5H3. The molecule has 0 saturated heterocycles. The van der Waals surface area contributed by atoms with Gasteiger partial charge in [-0.15, -0.1) is 0 Å². The topological polar surface area (TPSA) is 41.6 Å². The lowest BCUT2D eigenvalue weighted by molar-refractivity contribution is 0.0260. The molecular weight excluding hydrogens is 252 g/mol. The number of ether oxygens (including phenoxy) is 1. The highest BCUT2D eigenvalue weighted by molar-refractivity contribution is 5.68. The SMILES string of the molecule is CCN(CCNC(C)C1CCCC1)C(=O)OC(C)(C)C. The summed E-state index contributed by atoms with van der Waals surface area (Å²) in [5.74, 6) is 0.812. The van der Waals surface area contributed by atoms with Crippen molar-refractivity contribution in [1.82, 2.24) is 10.2 Å². The molecule has 0 aromatic carbocycles. The predicted octanol–water partition coefficient (Wildman–Crippen LogP) is 3.41. The smallest absolute Gasteiger partial charge is 0.410 e. The van der Waals surface area contributed by atoms with Crippen molar-refractivity contribution in [3.63, 3.8) is 0 Å². The Morgan fingerprint density at radius 3 is 2.45 bits per heavy atom. The predicted molar refractivity (Wildman–Crippen MR) is 82.9 cm³/mol. The second-order valence-electron chi connectivity index (χ2n) is 6.85. The summed E-state index contributed by atoms with van der Waals surface area (Å²) in [5, 5.41) is 3.56. The molecule has 1 aliphatic carbocycles. The summed E-state index contributed by atoms with van der Waals surface area (Å²) < 4.78 is 5.41. The molecule has 1 rings (SSSR count). The molecule has 4 heteroatoms. The van der Waals surface area contributed by atoms with E-state index < -0.39 is 5.60 Å². The molecule has 1 aliphatic rings. The lowest BCUT2D eigenvalue weighted by Gasteiger charge is -2.27. The number of carbonyl (C=O) groups is 1. The first kappa shape index (κ1) is 17.3. The summed E-state index contributed by atoms with van der Waals surface area (Å²) in [4.78, 5) is 13.8. The monoisotopic (exact) mass is 284 g/mol. The Hall–Kier alpha value is -0.770. The van der Waals surface area contributed by atoms with Crippen LogP contribution in [-0.4, -0.2) is 42.3 Å². The van der Waals surface area contributed by atoms with Gasteiger partial charge in [0.05, 0.1) is 0 Å². The first-order valence-corrected chi connectivity index (χ1v) is 8.04. The van der Waals surface area contributed by atoms with Gasteiger partial charge in [0.1, 0.15) is 5.60 Å². The number of nitrogens with zero attached hydrogens (tertiary/aromatic N) is 1. The van der Waals surface area contributed by atoms with Crippen LogP contribution >= 0.6 is 0 Å². The van der Waals surface area contributed by atoms with Crippen molar-refractivity contribution in [2.45, 2.75) is 71.9 Å². The molecule has 20 heavy (non-hydrogen) atoms.